The summed E-state index contributed by atoms with van der Waals surface area (Å²) in [6.07, 6.45) is 2.89. The minimum Gasteiger partial charge on any atom is -0.445 e. The minimum atomic E-state index is -0.802. The van der Waals surface area contributed by atoms with Crippen LogP contribution in [0.15, 0.2) is 36.7 Å². The molecule has 0 aliphatic heterocycles. The number of nitro benzene ring substituents is 1. The van der Waals surface area contributed by atoms with Crippen molar-refractivity contribution in [3.8, 4) is 11.5 Å². The van der Waals surface area contributed by atoms with E-state index >= 15 is 0 Å². The maximum atomic E-state index is 13.6. The summed E-state index contributed by atoms with van der Waals surface area (Å²) in [7, 11) is 1.69. The Morgan fingerprint density at radius 3 is 2.89 bits per heavy atom. The van der Waals surface area contributed by atoms with Crippen molar-refractivity contribution in [1.82, 2.24) is 4.98 Å². The van der Waals surface area contributed by atoms with E-state index in [1.165, 1.54) is 18.3 Å². The average molecular weight is 263 g/mol. The monoisotopic (exact) mass is 263 g/mol. The van der Waals surface area contributed by atoms with Crippen LogP contribution in [0.3, 0.4) is 0 Å². The summed E-state index contributed by atoms with van der Waals surface area (Å²) in [6, 6.07) is 5.08. The Morgan fingerprint density at radius 2 is 2.21 bits per heavy atom. The SMILES string of the molecule is CNc1cncc(Oc2c(F)cccc2[N+](=O)[O-])c1. The molecule has 0 unspecified atom stereocenters. The molecule has 19 heavy (non-hydrogen) atoms. The largest absolute Gasteiger partial charge is 0.445 e. The zero-order chi connectivity index (χ0) is 13.8. The lowest BCUT2D eigenvalue weighted by atomic mass is 10.3. The number of nitrogens with zero attached hydrogens (tertiary/aromatic N) is 2. The van der Waals surface area contributed by atoms with Crippen LogP contribution in [0.4, 0.5) is 15.8 Å². The third kappa shape index (κ3) is 2.76. The molecule has 1 aromatic heterocycles. The Hall–Kier alpha value is -2.70. The van der Waals surface area contributed by atoms with Gasteiger partial charge in [0.25, 0.3) is 0 Å². The summed E-state index contributed by atoms with van der Waals surface area (Å²) in [5.74, 6) is -1.02. The molecular formula is C12H10FN3O3. The number of benzene rings is 1. The van der Waals surface area contributed by atoms with Crippen molar-refractivity contribution in [2.24, 2.45) is 0 Å². The maximum absolute atomic E-state index is 13.6. The molecule has 1 N–H and O–H groups in total. The van der Waals surface area contributed by atoms with Gasteiger partial charge >= 0.3 is 5.69 Å². The lowest BCUT2D eigenvalue weighted by Crippen LogP contribution is -1.97. The summed E-state index contributed by atoms with van der Waals surface area (Å²) in [6.45, 7) is 0. The van der Waals surface area contributed by atoms with Gasteiger partial charge in [-0.2, -0.15) is 0 Å². The number of rotatable bonds is 4. The summed E-state index contributed by atoms with van der Waals surface area (Å²) >= 11 is 0. The van der Waals surface area contributed by atoms with Crippen LogP contribution in [-0.4, -0.2) is 17.0 Å². The molecule has 2 rings (SSSR count). The van der Waals surface area contributed by atoms with Crippen LogP contribution < -0.4 is 10.1 Å². The second-order valence-corrected chi connectivity index (χ2v) is 3.61. The van der Waals surface area contributed by atoms with E-state index in [1.807, 2.05) is 0 Å². The summed E-state index contributed by atoms with van der Waals surface area (Å²) < 4.78 is 18.8. The van der Waals surface area contributed by atoms with Crippen LogP contribution in [0.25, 0.3) is 0 Å². The number of anilines is 1. The van der Waals surface area contributed by atoms with Gasteiger partial charge in [-0.25, -0.2) is 4.39 Å². The molecule has 0 fully saturated rings. The normalized spacial score (nSPS) is 10.0. The van der Waals surface area contributed by atoms with Crippen molar-refractivity contribution >= 4 is 11.4 Å². The van der Waals surface area contributed by atoms with Gasteiger partial charge in [0.2, 0.25) is 5.75 Å². The third-order valence-electron chi connectivity index (χ3n) is 2.36. The number of ether oxygens (including phenoxy) is 1. The van der Waals surface area contributed by atoms with Gasteiger partial charge in [0, 0.05) is 19.2 Å². The van der Waals surface area contributed by atoms with Crippen LogP contribution in [0.5, 0.6) is 11.5 Å². The van der Waals surface area contributed by atoms with Crippen LogP contribution >= 0.6 is 0 Å². The van der Waals surface area contributed by atoms with E-state index in [0.29, 0.717) is 5.69 Å². The van der Waals surface area contributed by atoms with Gasteiger partial charge in [-0.05, 0) is 6.07 Å². The molecule has 0 aliphatic carbocycles. The fourth-order valence-electron chi connectivity index (χ4n) is 1.47. The standard InChI is InChI=1S/C12H10FN3O3/c1-14-8-5-9(7-15-6-8)19-12-10(13)3-2-4-11(12)16(17)18/h2-7,14H,1H3. The number of hydrogen-bond acceptors (Lipinski definition) is 5. The smallest absolute Gasteiger partial charge is 0.314 e. The summed E-state index contributed by atoms with van der Waals surface area (Å²) in [5, 5.41) is 13.7. The second-order valence-electron chi connectivity index (χ2n) is 3.61. The van der Waals surface area contributed by atoms with Crippen LogP contribution in [0, 0.1) is 15.9 Å². The van der Waals surface area contributed by atoms with Crippen molar-refractivity contribution in [2.75, 3.05) is 12.4 Å². The highest BCUT2D eigenvalue weighted by Crippen LogP contribution is 2.33. The molecule has 0 radical (unpaired) electrons. The zero-order valence-corrected chi connectivity index (χ0v) is 9.96. The van der Waals surface area contributed by atoms with Gasteiger partial charge < -0.3 is 10.1 Å². The molecular weight excluding hydrogens is 253 g/mol. The summed E-state index contributed by atoms with van der Waals surface area (Å²) in [4.78, 5) is 14.0. The van der Waals surface area contributed by atoms with E-state index in [9.17, 15) is 14.5 Å². The van der Waals surface area contributed by atoms with Crippen LogP contribution in [0.2, 0.25) is 0 Å². The Balaban J connectivity index is 2.40. The third-order valence-corrected chi connectivity index (χ3v) is 2.36. The van der Waals surface area contributed by atoms with Crippen molar-refractivity contribution in [3.63, 3.8) is 0 Å². The molecule has 0 saturated heterocycles. The molecule has 0 spiro atoms. The predicted molar refractivity (Wildman–Crippen MR) is 66.9 cm³/mol. The van der Waals surface area contributed by atoms with Crippen LogP contribution in [0.1, 0.15) is 0 Å². The van der Waals surface area contributed by atoms with Gasteiger partial charge in [0.05, 0.1) is 23.0 Å². The van der Waals surface area contributed by atoms with E-state index in [1.54, 1.807) is 19.3 Å². The number of aromatic nitrogens is 1. The van der Waals surface area contributed by atoms with Gasteiger partial charge in [-0.1, -0.05) is 6.07 Å². The molecule has 1 aromatic carbocycles. The van der Waals surface area contributed by atoms with Crippen molar-refractivity contribution in [1.29, 1.82) is 0 Å². The topological polar surface area (TPSA) is 77.3 Å². The lowest BCUT2D eigenvalue weighted by molar-refractivity contribution is -0.385. The van der Waals surface area contributed by atoms with E-state index < -0.39 is 22.2 Å². The first-order chi connectivity index (χ1) is 9.11. The highest BCUT2D eigenvalue weighted by Gasteiger charge is 2.20. The lowest BCUT2D eigenvalue weighted by Gasteiger charge is -2.08. The number of para-hydroxylation sites is 1. The highest BCUT2D eigenvalue weighted by molar-refractivity contribution is 5.51. The Kier molecular flexibility index (Phi) is 3.56. The van der Waals surface area contributed by atoms with Gasteiger partial charge in [-0.15, -0.1) is 0 Å². The Labute approximate surface area is 108 Å². The number of nitro groups is 1. The molecule has 0 atom stereocenters. The molecule has 0 amide bonds. The first-order valence-corrected chi connectivity index (χ1v) is 5.35. The fourth-order valence-corrected chi connectivity index (χ4v) is 1.47. The van der Waals surface area contributed by atoms with E-state index in [0.717, 1.165) is 6.07 Å². The Bertz CT molecular complexity index is 619. The minimum absolute atomic E-state index is 0.208. The molecule has 1 heterocycles. The van der Waals surface area contributed by atoms with E-state index in [4.69, 9.17) is 4.74 Å². The van der Waals surface area contributed by atoms with E-state index in [-0.39, 0.29) is 5.75 Å². The first-order valence-electron chi connectivity index (χ1n) is 5.35. The molecule has 6 nitrogen and oxygen atoms in total. The molecule has 0 aliphatic rings. The van der Waals surface area contributed by atoms with Crippen molar-refractivity contribution in [2.45, 2.75) is 0 Å². The fraction of sp³-hybridized carbons (Fsp3) is 0.0833. The van der Waals surface area contributed by atoms with Crippen molar-refractivity contribution < 1.29 is 14.1 Å². The number of halogens is 1. The van der Waals surface area contributed by atoms with Crippen molar-refractivity contribution in [3.05, 3.63) is 52.6 Å². The molecule has 2 aromatic rings. The van der Waals surface area contributed by atoms with Gasteiger partial charge in [0.15, 0.2) is 5.82 Å². The first kappa shape index (κ1) is 12.7. The van der Waals surface area contributed by atoms with Gasteiger partial charge in [0.1, 0.15) is 5.75 Å². The zero-order valence-electron chi connectivity index (χ0n) is 9.96. The highest BCUT2D eigenvalue weighted by atomic mass is 19.1. The van der Waals surface area contributed by atoms with E-state index in [2.05, 4.69) is 10.3 Å². The summed E-state index contributed by atoms with van der Waals surface area (Å²) in [5.41, 5.74) is 0.214. The van der Waals surface area contributed by atoms with Gasteiger partial charge in [-0.3, -0.25) is 15.1 Å². The average Bonchev–Trinajstić information content (AvgIpc) is 2.41. The maximum Gasteiger partial charge on any atom is 0.314 e. The quantitative estimate of drug-likeness (QED) is 0.677. The number of nitrogens with one attached hydrogen (secondary N) is 1. The molecule has 7 heteroatoms. The molecule has 0 bridgehead atoms. The molecule has 98 valence electrons. The molecule has 0 saturated carbocycles. The Morgan fingerprint density at radius 1 is 1.42 bits per heavy atom. The number of hydrogen-bond donors (Lipinski definition) is 1. The predicted octanol–water partition coefficient (Wildman–Crippen LogP) is 2.96. The van der Waals surface area contributed by atoms with Crippen LogP contribution in [-0.2, 0) is 0 Å². The number of pyridine rings is 1. The second kappa shape index (κ2) is 5.30.